The average Bonchev–Trinajstić information content (AvgIpc) is 1.97. The Balaban J connectivity index is 3.00. The summed E-state index contributed by atoms with van der Waals surface area (Å²) in [6.07, 6.45) is 2.56. The van der Waals surface area contributed by atoms with Crippen molar-refractivity contribution in [2.45, 2.75) is 32.9 Å². The highest BCUT2D eigenvalue weighted by Gasteiger charge is 1.95. The fourth-order valence-electron chi connectivity index (χ4n) is 0.709. The highest BCUT2D eigenvalue weighted by Crippen LogP contribution is 1.77. The molecular weight excluding hydrogens is 124 g/mol. The summed E-state index contributed by atoms with van der Waals surface area (Å²) in [5.41, 5.74) is 0. The first-order valence-electron chi connectivity index (χ1n) is 4.11. The van der Waals surface area contributed by atoms with E-state index in [1.807, 2.05) is 0 Å². The van der Waals surface area contributed by atoms with Crippen molar-refractivity contribution < 1.29 is 0 Å². The summed E-state index contributed by atoms with van der Waals surface area (Å²) >= 11 is 0. The minimum Gasteiger partial charge on any atom is -0.302 e. The first kappa shape index (κ1) is 9.92. The van der Waals surface area contributed by atoms with Gasteiger partial charge in [0.05, 0.1) is 6.17 Å². The van der Waals surface area contributed by atoms with Crippen LogP contribution in [-0.2, 0) is 0 Å². The summed E-state index contributed by atoms with van der Waals surface area (Å²) in [4.78, 5) is 0. The normalized spacial score (nSPS) is 10.8. The van der Waals surface area contributed by atoms with Crippen molar-refractivity contribution >= 4 is 0 Å². The molecule has 0 amide bonds. The lowest BCUT2D eigenvalue weighted by atomic mass is 10.4. The van der Waals surface area contributed by atoms with Crippen molar-refractivity contribution in [1.82, 2.24) is 10.6 Å². The van der Waals surface area contributed by atoms with Crippen LogP contribution in [0.5, 0.6) is 0 Å². The quantitative estimate of drug-likeness (QED) is 0.545. The summed E-state index contributed by atoms with van der Waals surface area (Å²) in [6, 6.07) is 0. The maximum atomic E-state index is 3.89. The molecule has 0 saturated heterocycles. The summed E-state index contributed by atoms with van der Waals surface area (Å²) in [7, 11) is 0. The van der Waals surface area contributed by atoms with Gasteiger partial charge in [0.15, 0.2) is 0 Å². The summed E-state index contributed by atoms with van der Waals surface area (Å²) in [5, 5.41) is 6.49. The minimum absolute atomic E-state index is 0.222. The highest BCUT2D eigenvalue weighted by atomic mass is 15.1. The number of nitrogens with one attached hydrogen (secondary N) is 2. The summed E-state index contributed by atoms with van der Waals surface area (Å²) < 4.78 is 0. The van der Waals surface area contributed by atoms with Crippen molar-refractivity contribution in [2.24, 2.45) is 0 Å². The SMILES string of the molecule is [CH2]C(NCCC)NCCC. The molecular formula is C8H19N2. The standard InChI is InChI=1S/C8H19N2/c1-4-6-9-8(3)10-7-5-2/h8-10H,3-7H2,1-2H3. The first-order valence-corrected chi connectivity index (χ1v) is 4.11. The molecule has 0 aliphatic carbocycles. The third kappa shape index (κ3) is 6.05. The monoisotopic (exact) mass is 143 g/mol. The molecule has 0 aromatic carbocycles. The number of rotatable bonds is 6. The molecule has 0 fully saturated rings. The predicted octanol–water partition coefficient (Wildman–Crippen LogP) is 1.15. The fourth-order valence-corrected chi connectivity index (χ4v) is 0.709. The topological polar surface area (TPSA) is 24.1 Å². The molecule has 2 nitrogen and oxygen atoms in total. The molecule has 2 N–H and O–H groups in total. The molecule has 0 aromatic rings. The van der Waals surface area contributed by atoms with Crippen LogP contribution in [0.1, 0.15) is 26.7 Å². The van der Waals surface area contributed by atoms with Gasteiger partial charge in [-0.25, -0.2) is 0 Å². The lowest BCUT2D eigenvalue weighted by Crippen LogP contribution is -2.40. The van der Waals surface area contributed by atoms with Gasteiger partial charge in [0.1, 0.15) is 0 Å². The summed E-state index contributed by atoms with van der Waals surface area (Å²) in [6.45, 7) is 10.3. The van der Waals surface area contributed by atoms with Crippen molar-refractivity contribution in [2.75, 3.05) is 13.1 Å². The molecule has 0 unspecified atom stereocenters. The second-order valence-electron chi connectivity index (χ2n) is 2.46. The van der Waals surface area contributed by atoms with E-state index >= 15 is 0 Å². The van der Waals surface area contributed by atoms with Crippen molar-refractivity contribution in [1.29, 1.82) is 0 Å². The highest BCUT2D eigenvalue weighted by molar-refractivity contribution is 4.64. The molecule has 0 spiro atoms. The van der Waals surface area contributed by atoms with Gasteiger partial charge in [0.25, 0.3) is 0 Å². The van der Waals surface area contributed by atoms with Gasteiger partial charge in [-0.1, -0.05) is 13.8 Å². The molecule has 0 saturated carbocycles. The zero-order valence-corrected chi connectivity index (χ0v) is 7.11. The van der Waals surface area contributed by atoms with E-state index in [0.717, 1.165) is 13.1 Å². The fraction of sp³-hybridized carbons (Fsp3) is 0.875. The van der Waals surface area contributed by atoms with E-state index in [2.05, 4.69) is 31.4 Å². The molecule has 61 valence electrons. The van der Waals surface area contributed by atoms with Crippen LogP contribution < -0.4 is 10.6 Å². The Bertz CT molecular complexity index is 56.3. The molecule has 0 atom stereocenters. The molecule has 0 bridgehead atoms. The van der Waals surface area contributed by atoms with Crippen LogP contribution >= 0.6 is 0 Å². The van der Waals surface area contributed by atoms with Crippen LogP contribution in [0.4, 0.5) is 0 Å². The van der Waals surface area contributed by atoms with E-state index in [-0.39, 0.29) is 6.17 Å². The third-order valence-corrected chi connectivity index (χ3v) is 1.28. The second kappa shape index (κ2) is 7.03. The van der Waals surface area contributed by atoms with Crippen LogP contribution in [0.3, 0.4) is 0 Å². The van der Waals surface area contributed by atoms with Crippen LogP contribution in [0.15, 0.2) is 0 Å². The van der Waals surface area contributed by atoms with E-state index in [4.69, 9.17) is 0 Å². The number of hydrogen-bond acceptors (Lipinski definition) is 2. The van der Waals surface area contributed by atoms with Gasteiger partial charge in [-0.15, -0.1) is 0 Å². The smallest absolute Gasteiger partial charge is 0.0572 e. The lowest BCUT2D eigenvalue weighted by Gasteiger charge is -2.13. The molecule has 0 aliphatic heterocycles. The first-order chi connectivity index (χ1) is 4.81. The van der Waals surface area contributed by atoms with Crippen LogP contribution in [0.25, 0.3) is 0 Å². The third-order valence-electron chi connectivity index (χ3n) is 1.28. The van der Waals surface area contributed by atoms with Gasteiger partial charge >= 0.3 is 0 Å². The second-order valence-corrected chi connectivity index (χ2v) is 2.46. The Morgan fingerprint density at radius 2 is 1.50 bits per heavy atom. The van der Waals surface area contributed by atoms with Gasteiger partial charge in [-0.05, 0) is 32.9 Å². The van der Waals surface area contributed by atoms with Crippen LogP contribution in [0.2, 0.25) is 0 Å². The maximum Gasteiger partial charge on any atom is 0.0572 e. The zero-order valence-electron chi connectivity index (χ0n) is 7.11. The largest absolute Gasteiger partial charge is 0.302 e. The van der Waals surface area contributed by atoms with Crippen molar-refractivity contribution in [3.63, 3.8) is 0 Å². The zero-order chi connectivity index (χ0) is 7.82. The van der Waals surface area contributed by atoms with Gasteiger partial charge in [-0.2, -0.15) is 0 Å². The minimum atomic E-state index is 0.222. The molecule has 10 heavy (non-hydrogen) atoms. The molecule has 0 aliphatic rings. The van der Waals surface area contributed by atoms with Gasteiger partial charge < -0.3 is 10.6 Å². The summed E-state index contributed by atoms with van der Waals surface area (Å²) in [5.74, 6) is 0. The van der Waals surface area contributed by atoms with Crippen LogP contribution in [-0.4, -0.2) is 19.3 Å². The number of hydrogen-bond donors (Lipinski definition) is 2. The van der Waals surface area contributed by atoms with E-state index in [1.54, 1.807) is 0 Å². The van der Waals surface area contributed by atoms with E-state index in [1.165, 1.54) is 12.8 Å². The van der Waals surface area contributed by atoms with Gasteiger partial charge in [0.2, 0.25) is 0 Å². The van der Waals surface area contributed by atoms with Gasteiger partial charge in [-0.3, -0.25) is 0 Å². The predicted molar refractivity (Wildman–Crippen MR) is 45.7 cm³/mol. The molecule has 1 radical (unpaired) electrons. The van der Waals surface area contributed by atoms with E-state index in [9.17, 15) is 0 Å². The van der Waals surface area contributed by atoms with Crippen molar-refractivity contribution in [3.8, 4) is 0 Å². The Labute approximate surface area is 64.4 Å². The lowest BCUT2D eigenvalue weighted by molar-refractivity contribution is 0.488. The van der Waals surface area contributed by atoms with E-state index in [0.29, 0.717) is 0 Å². The molecule has 2 heteroatoms. The average molecular weight is 143 g/mol. The van der Waals surface area contributed by atoms with E-state index < -0.39 is 0 Å². The molecule has 0 heterocycles. The molecule has 0 rings (SSSR count). The van der Waals surface area contributed by atoms with Gasteiger partial charge in [0, 0.05) is 0 Å². The van der Waals surface area contributed by atoms with Crippen LogP contribution in [0, 0.1) is 6.92 Å². The maximum absolute atomic E-state index is 3.89. The Morgan fingerprint density at radius 3 is 1.80 bits per heavy atom. The Morgan fingerprint density at radius 1 is 1.10 bits per heavy atom. The Hall–Kier alpha value is -0.0800. The Kier molecular flexibility index (Phi) is 6.98. The van der Waals surface area contributed by atoms with Crippen molar-refractivity contribution in [3.05, 3.63) is 6.92 Å². The molecule has 0 aromatic heterocycles.